The standard InChI is InChI=1S/C7H16O2P2/c1-7(2)11(9)6-4-3-5-10-8/h7,11H,3-6H2,1-2H3. The third-order valence-electron chi connectivity index (χ3n) is 1.57. The lowest BCUT2D eigenvalue weighted by Gasteiger charge is -2.03. The van der Waals surface area contributed by atoms with Crippen LogP contribution in [-0.4, -0.2) is 18.0 Å². The van der Waals surface area contributed by atoms with Gasteiger partial charge in [0.1, 0.15) is 0 Å². The molecular weight excluding hydrogens is 178 g/mol. The SMILES string of the molecule is CC(C)[PH](=O)CCCCP=O. The molecule has 1 unspecified atom stereocenters. The van der Waals surface area contributed by atoms with E-state index in [1.54, 1.807) is 0 Å². The molecule has 1 atom stereocenters. The normalized spacial score (nSPS) is 14.1. The van der Waals surface area contributed by atoms with Crippen molar-refractivity contribution >= 4 is 16.3 Å². The summed E-state index contributed by atoms with van der Waals surface area (Å²) in [5.41, 5.74) is 0.338. The molecule has 2 nitrogen and oxygen atoms in total. The molecule has 0 saturated heterocycles. The van der Waals surface area contributed by atoms with Gasteiger partial charge in [0.05, 0.1) is 7.80 Å². The smallest absolute Gasteiger partial charge is 0.155 e. The first-order valence-corrected chi connectivity index (χ1v) is 6.69. The number of hydrogen-bond acceptors (Lipinski definition) is 2. The van der Waals surface area contributed by atoms with Crippen molar-refractivity contribution in [2.75, 3.05) is 12.3 Å². The summed E-state index contributed by atoms with van der Waals surface area (Å²) in [5.74, 6) is 0. The van der Waals surface area contributed by atoms with E-state index in [1.807, 2.05) is 13.8 Å². The largest absolute Gasteiger partial charge is 0.327 e. The Kier molecular flexibility index (Phi) is 7.22. The van der Waals surface area contributed by atoms with Crippen molar-refractivity contribution in [1.29, 1.82) is 0 Å². The highest BCUT2D eigenvalue weighted by atomic mass is 31.1. The fraction of sp³-hybridized carbons (Fsp3) is 1.00. The van der Waals surface area contributed by atoms with Gasteiger partial charge in [-0.1, -0.05) is 13.8 Å². The van der Waals surface area contributed by atoms with E-state index in [0.29, 0.717) is 11.8 Å². The minimum atomic E-state index is -1.34. The Morgan fingerprint density at radius 3 is 2.45 bits per heavy atom. The fourth-order valence-corrected chi connectivity index (χ4v) is 2.29. The summed E-state index contributed by atoms with van der Waals surface area (Å²) in [6.07, 6.45) is 3.45. The van der Waals surface area contributed by atoms with Gasteiger partial charge < -0.3 is 4.57 Å². The van der Waals surface area contributed by atoms with Crippen LogP contribution in [-0.2, 0) is 9.13 Å². The lowest BCUT2D eigenvalue weighted by Crippen LogP contribution is -1.90. The molecule has 66 valence electrons. The third kappa shape index (κ3) is 6.72. The van der Waals surface area contributed by atoms with Gasteiger partial charge in [0.2, 0.25) is 0 Å². The minimum Gasteiger partial charge on any atom is -0.327 e. The first-order chi connectivity index (χ1) is 5.18. The Labute approximate surface area is 70.8 Å². The van der Waals surface area contributed by atoms with E-state index >= 15 is 0 Å². The van der Waals surface area contributed by atoms with Crippen molar-refractivity contribution in [2.24, 2.45) is 0 Å². The zero-order valence-electron chi connectivity index (χ0n) is 7.17. The average Bonchev–Trinajstić information content (AvgIpc) is 1.97. The van der Waals surface area contributed by atoms with Crippen LogP contribution in [0.25, 0.3) is 0 Å². The lowest BCUT2D eigenvalue weighted by molar-refractivity contribution is 0.579. The molecule has 0 bridgehead atoms. The van der Waals surface area contributed by atoms with Gasteiger partial charge in [-0.3, -0.25) is 4.57 Å². The predicted molar refractivity (Wildman–Crippen MR) is 50.7 cm³/mol. The van der Waals surface area contributed by atoms with Gasteiger partial charge >= 0.3 is 0 Å². The Morgan fingerprint density at radius 1 is 1.36 bits per heavy atom. The van der Waals surface area contributed by atoms with Crippen LogP contribution in [0.4, 0.5) is 0 Å². The summed E-state index contributed by atoms with van der Waals surface area (Å²) in [5, 5.41) is 0. The van der Waals surface area contributed by atoms with Crippen LogP contribution < -0.4 is 0 Å². The van der Waals surface area contributed by atoms with E-state index in [2.05, 4.69) is 0 Å². The zero-order chi connectivity index (χ0) is 8.69. The summed E-state index contributed by atoms with van der Waals surface area (Å²) in [7, 11) is -1.12. The average molecular weight is 194 g/mol. The maximum atomic E-state index is 11.2. The molecule has 0 aromatic carbocycles. The van der Waals surface area contributed by atoms with Gasteiger partial charge in [-0.15, -0.1) is 0 Å². The molecule has 0 saturated carbocycles. The van der Waals surface area contributed by atoms with Gasteiger partial charge in [-0.25, -0.2) is 0 Å². The maximum Gasteiger partial charge on any atom is 0.155 e. The van der Waals surface area contributed by atoms with Crippen LogP contribution in [0.1, 0.15) is 26.7 Å². The van der Waals surface area contributed by atoms with Crippen molar-refractivity contribution in [1.82, 2.24) is 0 Å². The molecule has 11 heavy (non-hydrogen) atoms. The molecule has 0 aromatic rings. The molecule has 0 heterocycles. The monoisotopic (exact) mass is 194 g/mol. The topological polar surface area (TPSA) is 34.1 Å². The first-order valence-electron chi connectivity index (χ1n) is 4.00. The molecule has 0 spiro atoms. The van der Waals surface area contributed by atoms with E-state index in [0.717, 1.165) is 19.0 Å². The zero-order valence-corrected chi connectivity index (χ0v) is 9.06. The van der Waals surface area contributed by atoms with Crippen LogP contribution in [0, 0.1) is 0 Å². The quantitative estimate of drug-likeness (QED) is 0.481. The van der Waals surface area contributed by atoms with E-state index in [9.17, 15) is 9.13 Å². The molecule has 0 radical (unpaired) electrons. The Balaban J connectivity index is 3.24. The Hall–Kier alpha value is 0.330. The van der Waals surface area contributed by atoms with Crippen LogP contribution in [0.2, 0.25) is 0 Å². The second kappa shape index (κ2) is 7.00. The molecule has 0 rings (SSSR count). The van der Waals surface area contributed by atoms with Crippen molar-refractivity contribution in [2.45, 2.75) is 32.3 Å². The van der Waals surface area contributed by atoms with E-state index < -0.39 is 7.80 Å². The van der Waals surface area contributed by atoms with E-state index in [-0.39, 0.29) is 8.46 Å². The minimum absolute atomic E-state index is 0.218. The van der Waals surface area contributed by atoms with Crippen molar-refractivity contribution in [3.63, 3.8) is 0 Å². The number of unbranched alkanes of at least 4 members (excludes halogenated alkanes) is 1. The van der Waals surface area contributed by atoms with E-state index in [4.69, 9.17) is 0 Å². The molecule has 0 aliphatic carbocycles. The van der Waals surface area contributed by atoms with E-state index in [1.165, 1.54) is 0 Å². The number of hydrogen-bond donors (Lipinski definition) is 0. The second-order valence-corrected chi connectivity index (χ2v) is 6.22. The maximum absolute atomic E-state index is 11.2. The molecule has 0 aliphatic heterocycles. The summed E-state index contributed by atoms with van der Waals surface area (Å²) >= 11 is 0. The third-order valence-corrected chi connectivity index (χ3v) is 4.20. The highest BCUT2D eigenvalue weighted by Gasteiger charge is 2.03. The van der Waals surface area contributed by atoms with Crippen LogP contribution in [0.15, 0.2) is 0 Å². The van der Waals surface area contributed by atoms with Crippen molar-refractivity contribution in [3.05, 3.63) is 0 Å². The highest BCUT2D eigenvalue weighted by molar-refractivity contribution is 7.45. The molecule has 0 N–H and O–H groups in total. The molecule has 0 aliphatic rings. The molecule has 0 aromatic heterocycles. The first kappa shape index (κ1) is 11.3. The van der Waals surface area contributed by atoms with Crippen molar-refractivity contribution in [3.8, 4) is 0 Å². The summed E-state index contributed by atoms with van der Waals surface area (Å²) in [4.78, 5) is 0. The van der Waals surface area contributed by atoms with Gasteiger partial charge in [0, 0.05) is 11.8 Å². The van der Waals surface area contributed by atoms with Crippen LogP contribution in [0.5, 0.6) is 0 Å². The summed E-state index contributed by atoms with van der Waals surface area (Å²) < 4.78 is 21.2. The Bertz CT molecular complexity index is 134. The van der Waals surface area contributed by atoms with Crippen molar-refractivity contribution < 1.29 is 9.13 Å². The molecule has 4 heteroatoms. The second-order valence-electron chi connectivity index (χ2n) is 2.93. The Morgan fingerprint density at radius 2 is 2.00 bits per heavy atom. The van der Waals surface area contributed by atoms with Gasteiger partial charge in [0.25, 0.3) is 0 Å². The lowest BCUT2D eigenvalue weighted by atomic mass is 10.4. The van der Waals surface area contributed by atoms with Gasteiger partial charge in [-0.2, -0.15) is 0 Å². The van der Waals surface area contributed by atoms with Crippen LogP contribution in [0.3, 0.4) is 0 Å². The predicted octanol–water partition coefficient (Wildman–Crippen LogP) is 3.03. The molecule has 0 fully saturated rings. The highest BCUT2D eigenvalue weighted by Crippen LogP contribution is 2.28. The molecule has 0 amide bonds. The fourth-order valence-electron chi connectivity index (χ4n) is 0.764. The van der Waals surface area contributed by atoms with Crippen LogP contribution >= 0.6 is 16.3 Å². The number of rotatable bonds is 6. The molecular formula is C7H16O2P2. The summed E-state index contributed by atoms with van der Waals surface area (Å²) in [6, 6.07) is 0. The van der Waals surface area contributed by atoms with Gasteiger partial charge in [0.15, 0.2) is 8.46 Å². The van der Waals surface area contributed by atoms with Gasteiger partial charge in [-0.05, 0) is 19.0 Å². The summed E-state index contributed by atoms with van der Waals surface area (Å²) in [6.45, 7) is 3.99.